The highest BCUT2D eigenvalue weighted by Crippen LogP contribution is 2.37. The van der Waals surface area contributed by atoms with Crippen molar-refractivity contribution in [3.8, 4) is 11.5 Å². The number of imidazole rings is 1. The number of nitrogens with zero attached hydrogens (tertiary/aromatic N) is 3. The van der Waals surface area contributed by atoms with E-state index in [0.717, 1.165) is 21.3 Å². The van der Waals surface area contributed by atoms with Crippen molar-refractivity contribution in [2.75, 3.05) is 18.5 Å². The zero-order valence-electron chi connectivity index (χ0n) is 15.0. The molecule has 2 aromatic carbocycles. The molecule has 2 aromatic heterocycles. The third-order valence-electron chi connectivity index (χ3n) is 4.65. The molecule has 4 aromatic rings. The number of para-hydroxylation sites is 2. The summed E-state index contributed by atoms with van der Waals surface area (Å²) >= 11 is 1.35. The fourth-order valence-electron chi connectivity index (χ4n) is 3.34. The van der Waals surface area contributed by atoms with E-state index in [2.05, 4.69) is 10.3 Å². The number of amides is 1. The summed E-state index contributed by atoms with van der Waals surface area (Å²) in [4.78, 5) is 29.5. The van der Waals surface area contributed by atoms with Crippen molar-refractivity contribution in [1.82, 2.24) is 14.1 Å². The summed E-state index contributed by atoms with van der Waals surface area (Å²) in [5.74, 6) is 1.03. The van der Waals surface area contributed by atoms with Crippen LogP contribution in [0, 0.1) is 0 Å². The highest BCUT2D eigenvalue weighted by Gasteiger charge is 2.17. The first kappa shape index (κ1) is 16.8. The zero-order valence-corrected chi connectivity index (χ0v) is 15.8. The highest BCUT2D eigenvalue weighted by molar-refractivity contribution is 7.22. The van der Waals surface area contributed by atoms with Gasteiger partial charge in [0.15, 0.2) is 16.6 Å². The lowest BCUT2D eigenvalue weighted by molar-refractivity contribution is -0.116. The summed E-state index contributed by atoms with van der Waals surface area (Å²) in [7, 11) is 1.69. The molecule has 8 nitrogen and oxygen atoms in total. The minimum atomic E-state index is -0.310. The Morgan fingerprint density at radius 2 is 1.89 bits per heavy atom. The summed E-state index contributed by atoms with van der Waals surface area (Å²) in [6.45, 7) is 0.936. The predicted molar refractivity (Wildman–Crippen MR) is 106 cm³/mol. The predicted octanol–water partition coefficient (Wildman–Crippen LogP) is 2.36. The number of carbonyl (C=O) groups excluding carboxylic acids is 1. The molecule has 1 aliphatic rings. The molecule has 0 aliphatic carbocycles. The van der Waals surface area contributed by atoms with E-state index in [4.69, 9.17) is 9.47 Å². The number of hydrogen-bond acceptors (Lipinski definition) is 6. The van der Waals surface area contributed by atoms with Crippen LogP contribution in [0.2, 0.25) is 0 Å². The quantitative estimate of drug-likeness (QED) is 0.574. The van der Waals surface area contributed by atoms with E-state index in [9.17, 15) is 9.59 Å². The van der Waals surface area contributed by atoms with E-state index >= 15 is 0 Å². The number of anilines is 1. The lowest BCUT2D eigenvalue weighted by Crippen LogP contribution is -2.28. The van der Waals surface area contributed by atoms with Gasteiger partial charge in [0, 0.05) is 19.2 Å². The van der Waals surface area contributed by atoms with Gasteiger partial charge in [-0.25, -0.2) is 9.78 Å². The summed E-state index contributed by atoms with van der Waals surface area (Å²) in [6, 6.07) is 11.1. The molecule has 0 atom stereocenters. The third-order valence-corrected chi connectivity index (χ3v) is 5.59. The normalized spacial score (nSPS) is 13.2. The Morgan fingerprint density at radius 1 is 1.18 bits per heavy atom. The van der Waals surface area contributed by atoms with Crippen molar-refractivity contribution in [3.05, 3.63) is 46.9 Å². The van der Waals surface area contributed by atoms with Crippen LogP contribution in [0.1, 0.15) is 0 Å². The number of hydrogen-bond donors (Lipinski definition) is 1. The first-order valence-electron chi connectivity index (χ1n) is 8.74. The molecule has 1 amide bonds. The van der Waals surface area contributed by atoms with Crippen LogP contribution < -0.4 is 20.5 Å². The van der Waals surface area contributed by atoms with E-state index in [1.165, 1.54) is 20.5 Å². The molecule has 0 radical (unpaired) electrons. The monoisotopic (exact) mass is 396 g/mol. The first-order valence-corrected chi connectivity index (χ1v) is 9.56. The van der Waals surface area contributed by atoms with Crippen molar-refractivity contribution < 1.29 is 14.3 Å². The minimum absolute atomic E-state index is 0.0845. The third kappa shape index (κ3) is 2.71. The Morgan fingerprint density at radius 3 is 2.68 bits per heavy atom. The molecular formula is C19H16N4O4S. The van der Waals surface area contributed by atoms with Gasteiger partial charge in [-0.05, 0) is 12.1 Å². The fraction of sp³-hybridized carbons (Fsp3) is 0.211. The SMILES string of the molecule is Cn1c(=O)n(CC(=O)Nc2nc3cc4c(cc3s2)OCCO4)c2ccccc21. The van der Waals surface area contributed by atoms with E-state index in [1.807, 2.05) is 36.4 Å². The molecule has 0 saturated carbocycles. The number of fused-ring (bicyclic) bond motifs is 3. The number of benzene rings is 2. The number of thiazole rings is 1. The number of rotatable bonds is 3. The number of carbonyl (C=O) groups is 1. The largest absolute Gasteiger partial charge is 0.486 e. The second-order valence-electron chi connectivity index (χ2n) is 6.45. The van der Waals surface area contributed by atoms with Crippen LogP contribution in [0.25, 0.3) is 21.3 Å². The van der Waals surface area contributed by atoms with Crippen LogP contribution >= 0.6 is 11.3 Å². The van der Waals surface area contributed by atoms with Crippen molar-refractivity contribution in [1.29, 1.82) is 0 Å². The average molecular weight is 396 g/mol. The van der Waals surface area contributed by atoms with Crippen LogP contribution in [-0.4, -0.2) is 33.2 Å². The molecular weight excluding hydrogens is 380 g/mol. The summed E-state index contributed by atoms with van der Waals surface area (Å²) in [5.41, 5.74) is 2.00. The molecule has 0 spiro atoms. The Hall–Kier alpha value is -3.33. The van der Waals surface area contributed by atoms with Crippen molar-refractivity contribution >= 4 is 43.6 Å². The molecule has 3 heterocycles. The van der Waals surface area contributed by atoms with Crippen LogP contribution in [0.3, 0.4) is 0 Å². The van der Waals surface area contributed by atoms with Gasteiger partial charge in [0.25, 0.3) is 0 Å². The van der Waals surface area contributed by atoms with Crippen LogP contribution in [0.5, 0.6) is 11.5 Å². The maximum atomic E-state index is 12.6. The lowest BCUT2D eigenvalue weighted by atomic mass is 10.3. The van der Waals surface area contributed by atoms with Gasteiger partial charge in [-0.1, -0.05) is 23.5 Å². The van der Waals surface area contributed by atoms with Crippen molar-refractivity contribution in [3.63, 3.8) is 0 Å². The molecule has 0 bridgehead atoms. The summed E-state index contributed by atoms with van der Waals surface area (Å²) in [6.07, 6.45) is 0. The molecule has 0 saturated heterocycles. The van der Waals surface area contributed by atoms with Crippen LogP contribution in [-0.2, 0) is 18.4 Å². The Kier molecular flexibility index (Phi) is 3.83. The molecule has 1 aliphatic heterocycles. The van der Waals surface area contributed by atoms with Crippen molar-refractivity contribution in [2.24, 2.45) is 7.05 Å². The highest BCUT2D eigenvalue weighted by atomic mass is 32.1. The number of ether oxygens (including phenoxy) is 2. The van der Waals surface area contributed by atoms with Gasteiger partial charge in [-0.2, -0.15) is 0 Å². The molecule has 1 N–H and O–H groups in total. The number of nitrogens with one attached hydrogen (secondary N) is 1. The lowest BCUT2D eigenvalue weighted by Gasteiger charge is -2.17. The second kappa shape index (κ2) is 6.38. The molecule has 0 unspecified atom stereocenters. The van der Waals surface area contributed by atoms with E-state index in [-0.39, 0.29) is 18.1 Å². The maximum absolute atomic E-state index is 12.6. The summed E-state index contributed by atoms with van der Waals surface area (Å²) < 4.78 is 15.0. The Balaban J connectivity index is 1.42. The van der Waals surface area contributed by atoms with Gasteiger partial charge in [0.05, 0.1) is 21.3 Å². The number of aromatic nitrogens is 3. The standard InChI is InChI=1S/C19H16N4O4S/c1-22-12-4-2-3-5-13(12)23(19(22)25)10-17(24)21-18-20-11-8-14-15(9-16(11)28-18)27-7-6-26-14/h2-5,8-9H,6-7,10H2,1H3,(H,20,21,24). The average Bonchev–Trinajstić information content (AvgIpc) is 3.19. The van der Waals surface area contributed by atoms with Crippen LogP contribution in [0.4, 0.5) is 5.13 Å². The molecule has 5 rings (SSSR count). The van der Waals surface area contributed by atoms with Crippen molar-refractivity contribution in [2.45, 2.75) is 6.54 Å². The van der Waals surface area contributed by atoms with Gasteiger partial charge in [-0.15, -0.1) is 0 Å². The maximum Gasteiger partial charge on any atom is 0.329 e. The smallest absolute Gasteiger partial charge is 0.329 e. The van der Waals surface area contributed by atoms with Crippen LogP contribution in [0.15, 0.2) is 41.2 Å². The molecule has 142 valence electrons. The summed E-state index contributed by atoms with van der Waals surface area (Å²) in [5, 5.41) is 3.26. The first-order chi connectivity index (χ1) is 13.6. The molecule has 0 fully saturated rings. The van der Waals surface area contributed by atoms with Gasteiger partial charge in [0.2, 0.25) is 5.91 Å². The molecule has 9 heteroatoms. The van der Waals surface area contributed by atoms with Gasteiger partial charge in [0.1, 0.15) is 19.8 Å². The minimum Gasteiger partial charge on any atom is -0.486 e. The second-order valence-corrected chi connectivity index (χ2v) is 7.48. The zero-order chi connectivity index (χ0) is 19.3. The van der Waals surface area contributed by atoms with Gasteiger partial charge >= 0.3 is 5.69 Å². The number of aryl methyl sites for hydroxylation is 1. The Bertz CT molecular complexity index is 1240. The van der Waals surface area contributed by atoms with E-state index in [1.54, 1.807) is 7.05 Å². The topological polar surface area (TPSA) is 87.4 Å². The Labute approximate surface area is 162 Å². The molecule has 28 heavy (non-hydrogen) atoms. The van der Waals surface area contributed by atoms with Gasteiger partial charge in [-0.3, -0.25) is 13.9 Å². The van der Waals surface area contributed by atoms with E-state index < -0.39 is 0 Å². The van der Waals surface area contributed by atoms with Gasteiger partial charge < -0.3 is 14.8 Å². The van der Waals surface area contributed by atoms with E-state index in [0.29, 0.717) is 29.8 Å². The fourth-order valence-corrected chi connectivity index (χ4v) is 4.23.